The summed E-state index contributed by atoms with van der Waals surface area (Å²) in [5, 5.41) is 9.91. The predicted molar refractivity (Wildman–Crippen MR) is 90.8 cm³/mol. The first-order valence-electron chi connectivity index (χ1n) is 7.26. The van der Waals surface area contributed by atoms with Crippen LogP contribution in [0.5, 0.6) is 0 Å². The van der Waals surface area contributed by atoms with Crippen molar-refractivity contribution in [3.8, 4) is 11.4 Å². The summed E-state index contributed by atoms with van der Waals surface area (Å²) >= 11 is 5.82. The monoisotopic (exact) mass is 343 g/mol. The van der Waals surface area contributed by atoms with Crippen LogP contribution in [-0.2, 0) is 11.2 Å². The molecule has 0 aliphatic heterocycles. The van der Waals surface area contributed by atoms with Crippen molar-refractivity contribution in [2.24, 2.45) is 0 Å². The van der Waals surface area contributed by atoms with Gasteiger partial charge >= 0.3 is 0 Å². The number of halogens is 1. The molecule has 2 aromatic heterocycles. The van der Waals surface area contributed by atoms with Gasteiger partial charge in [-0.05, 0) is 30.2 Å². The van der Waals surface area contributed by atoms with Crippen molar-refractivity contribution in [3.05, 3.63) is 63.5 Å². The third-order valence-electron chi connectivity index (χ3n) is 3.34. The molecule has 0 saturated heterocycles. The molecule has 0 aliphatic rings. The fraction of sp³-hybridized carbons (Fsp3) is 0.125. The molecule has 1 aromatic carbocycles. The average Bonchev–Trinajstić information content (AvgIpc) is 3.03. The molecule has 0 radical (unpaired) electrons. The number of hydrogen-bond acceptors (Lipinski definition) is 4. The highest BCUT2D eigenvalue weighted by Crippen LogP contribution is 2.14. The minimum absolute atomic E-state index is 0.173. The minimum atomic E-state index is -0.238. The zero-order valence-electron chi connectivity index (χ0n) is 12.5. The minimum Gasteiger partial charge on any atom is -0.329 e. The summed E-state index contributed by atoms with van der Waals surface area (Å²) in [6.45, 7) is 0. The Kier molecular flexibility index (Phi) is 4.72. The van der Waals surface area contributed by atoms with E-state index in [1.165, 1.54) is 12.3 Å². The molecular weight excluding hydrogens is 330 g/mol. The van der Waals surface area contributed by atoms with Crippen LogP contribution in [0.4, 0.5) is 5.95 Å². The molecule has 0 aliphatic carbocycles. The topological polar surface area (TPSA) is 104 Å². The standard InChI is InChI=1S/C16H14ClN5O2/c17-12-4-1-10(2-5-12)3-6-13(23)19-16-20-15(21-22-16)11-7-8-18-14(24)9-11/h1-2,4-5,7-9H,3,6H2,(H,18,24)(H2,19,20,21,22,23). The molecule has 24 heavy (non-hydrogen) atoms. The molecule has 0 unspecified atom stereocenters. The van der Waals surface area contributed by atoms with Crippen LogP contribution in [0, 0.1) is 0 Å². The van der Waals surface area contributed by atoms with Crippen molar-refractivity contribution >= 4 is 23.5 Å². The molecule has 0 saturated carbocycles. The Hall–Kier alpha value is -2.93. The number of amides is 1. The van der Waals surface area contributed by atoms with Gasteiger partial charge in [0, 0.05) is 29.3 Å². The number of benzene rings is 1. The second-order valence-electron chi connectivity index (χ2n) is 5.12. The smallest absolute Gasteiger partial charge is 0.249 e. The van der Waals surface area contributed by atoms with Gasteiger partial charge in [-0.15, -0.1) is 5.10 Å². The van der Waals surface area contributed by atoms with Gasteiger partial charge in [-0.25, -0.2) is 0 Å². The van der Waals surface area contributed by atoms with Crippen LogP contribution < -0.4 is 10.9 Å². The Morgan fingerprint density at radius 2 is 2.00 bits per heavy atom. The molecule has 2 heterocycles. The van der Waals surface area contributed by atoms with E-state index in [1.807, 2.05) is 12.1 Å². The zero-order chi connectivity index (χ0) is 16.9. The molecule has 0 fully saturated rings. The molecule has 3 N–H and O–H groups in total. The second-order valence-corrected chi connectivity index (χ2v) is 5.56. The van der Waals surface area contributed by atoms with Crippen LogP contribution in [0.15, 0.2) is 47.4 Å². The van der Waals surface area contributed by atoms with E-state index < -0.39 is 0 Å². The van der Waals surface area contributed by atoms with Crippen molar-refractivity contribution in [2.75, 3.05) is 5.32 Å². The van der Waals surface area contributed by atoms with Gasteiger partial charge in [-0.1, -0.05) is 23.7 Å². The summed E-state index contributed by atoms with van der Waals surface area (Å²) in [6.07, 6.45) is 2.41. The number of aromatic amines is 2. The van der Waals surface area contributed by atoms with Crippen LogP contribution >= 0.6 is 11.6 Å². The number of nitrogens with one attached hydrogen (secondary N) is 3. The maximum atomic E-state index is 12.0. The van der Waals surface area contributed by atoms with Gasteiger partial charge in [0.05, 0.1) is 0 Å². The normalized spacial score (nSPS) is 10.5. The quantitative estimate of drug-likeness (QED) is 0.661. The highest BCUT2D eigenvalue weighted by Gasteiger charge is 2.09. The lowest BCUT2D eigenvalue weighted by Gasteiger charge is -2.02. The number of anilines is 1. The Bertz CT molecular complexity index is 901. The molecule has 0 bridgehead atoms. The molecule has 8 heteroatoms. The van der Waals surface area contributed by atoms with E-state index in [1.54, 1.807) is 18.2 Å². The van der Waals surface area contributed by atoms with E-state index in [0.717, 1.165) is 5.56 Å². The SMILES string of the molecule is O=C(CCc1ccc(Cl)cc1)Nc1n[nH]c(-c2cc[nH]c(=O)c2)n1. The Labute approximate surface area is 142 Å². The van der Waals surface area contributed by atoms with Crippen molar-refractivity contribution in [2.45, 2.75) is 12.8 Å². The Balaban J connectivity index is 1.59. The molecule has 7 nitrogen and oxygen atoms in total. The Morgan fingerprint density at radius 3 is 2.75 bits per heavy atom. The van der Waals surface area contributed by atoms with Crippen molar-refractivity contribution in [1.82, 2.24) is 20.2 Å². The maximum absolute atomic E-state index is 12.0. The second kappa shape index (κ2) is 7.10. The van der Waals surface area contributed by atoms with Crippen LogP contribution in [0.25, 0.3) is 11.4 Å². The summed E-state index contributed by atoms with van der Waals surface area (Å²) in [6, 6.07) is 10.4. The number of aromatic nitrogens is 4. The maximum Gasteiger partial charge on any atom is 0.249 e. The first kappa shape index (κ1) is 15.9. The fourth-order valence-corrected chi connectivity index (χ4v) is 2.26. The van der Waals surface area contributed by atoms with E-state index >= 15 is 0 Å². The number of H-pyrrole nitrogens is 2. The lowest BCUT2D eigenvalue weighted by atomic mass is 10.1. The lowest BCUT2D eigenvalue weighted by Crippen LogP contribution is -2.13. The van der Waals surface area contributed by atoms with Gasteiger partial charge in [-0.3, -0.25) is 20.0 Å². The highest BCUT2D eigenvalue weighted by molar-refractivity contribution is 6.30. The summed E-state index contributed by atoms with van der Waals surface area (Å²) in [7, 11) is 0. The third-order valence-corrected chi connectivity index (χ3v) is 3.59. The summed E-state index contributed by atoms with van der Waals surface area (Å²) < 4.78 is 0. The number of carbonyl (C=O) groups excluding carboxylic acids is 1. The molecule has 122 valence electrons. The van der Waals surface area contributed by atoms with Crippen molar-refractivity contribution < 1.29 is 4.79 Å². The van der Waals surface area contributed by atoms with Crippen molar-refractivity contribution in [3.63, 3.8) is 0 Å². The number of rotatable bonds is 5. The molecule has 0 atom stereocenters. The first-order chi connectivity index (χ1) is 11.6. The number of pyridine rings is 1. The number of hydrogen-bond donors (Lipinski definition) is 3. The van der Waals surface area contributed by atoms with Crippen molar-refractivity contribution in [1.29, 1.82) is 0 Å². The lowest BCUT2D eigenvalue weighted by molar-refractivity contribution is -0.116. The predicted octanol–water partition coefficient (Wildman–Crippen LogP) is 2.38. The van der Waals surface area contributed by atoms with Gasteiger partial charge in [-0.2, -0.15) is 4.98 Å². The average molecular weight is 344 g/mol. The first-order valence-corrected chi connectivity index (χ1v) is 7.64. The van der Waals surface area contributed by atoms with Crippen LogP contribution in [0.2, 0.25) is 5.02 Å². The summed E-state index contributed by atoms with van der Waals surface area (Å²) in [5.74, 6) is 0.391. The number of aryl methyl sites for hydroxylation is 1. The number of nitrogens with zero attached hydrogens (tertiary/aromatic N) is 2. The molecular formula is C16H14ClN5O2. The van der Waals surface area contributed by atoms with Gasteiger partial charge < -0.3 is 4.98 Å². The zero-order valence-corrected chi connectivity index (χ0v) is 13.3. The van der Waals surface area contributed by atoms with Gasteiger partial charge in [0.1, 0.15) is 0 Å². The van der Waals surface area contributed by atoms with Gasteiger partial charge in [0.2, 0.25) is 17.4 Å². The van der Waals surface area contributed by atoms with Crippen LogP contribution in [0.3, 0.4) is 0 Å². The molecule has 1 amide bonds. The Morgan fingerprint density at radius 1 is 1.21 bits per heavy atom. The van der Waals surface area contributed by atoms with E-state index in [0.29, 0.717) is 29.3 Å². The van der Waals surface area contributed by atoms with E-state index in [2.05, 4.69) is 25.5 Å². The van der Waals surface area contributed by atoms with E-state index in [-0.39, 0.29) is 17.4 Å². The van der Waals surface area contributed by atoms with Gasteiger partial charge in [0.25, 0.3) is 0 Å². The summed E-state index contributed by atoms with van der Waals surface area (Å²) in [5.41, 5.74) is 1.37. The van der Waals surface area contributed by atoms with Crippen LogP contribution in [-0.4, -0.2) is 26.1 Å². The molecule has 3 aromatic rings. The van der Waals surface area contributed by atoms with Crippen LogP contribution in [0.1, 0.15) is 12.0 Å². The molecule has 3 rings (SSSR count). The fourth-order valence-electron chi connectivity index (χ4n) is 2.13. The van der Waals surface area contributed by atoms with Gasteiger partial charge in [0.15, 0.2) is 5.82 Å². The molecule has 0 spiro atoms. The summed E-state index contributed by atoms with van der Waals surface area (Å²) in [4.78, 5) is 29.9. The largest absolute Gasteiger partial charge is 0.329 e. The highest BCUT2D eigenvalue weighted by atomic mass is 35.5. The third kappa shape index (κ3) is 4.08. The van der Waals surface area contributed by atoms with E-state index in [9.17, 15) is 9.59 Å². The number of carbonyl (C=O) groups is 1. The van der Waals surface area contributed by atoms with E-state index in [4.69, 9.17) is 11.6 Å².